The predicted octanol–water partition coefficient (Wildman–Crippen LogP) is 7.56. The number of piperazine rings is 1. The number of halogens is 2. The number of aromatic nitrogens is 2. The summed E-state index contributed by atoms with van der Waals surface area (Å²) in [7, 11) is 0. The Morgan fingerprint density at radius 3 is 2.51 bits per heavy atom. The maximum atomic E-state index is 6.62. The van der Waals surface area contributed by atoms with Crippen LogP contribution in [0, 0.1) is 5.92 Å². The average Bonchev–Trinajstić information content (AvgIpc) is 3.87. The van der Waals surface area contributed by atoms with Gasteiger partial charge >= 0.3 is 0 Å². The van der Waals surface area contributed by atoms with E-state index in [9.17, 15) is 0 Å². The van der Waals surface area contributed by atoms with E-state index in [1.165, 1.54) is 11.4 Å². The van der Waals surface area contributed by atoms with Crippen molar-refractivity contribution in [1.82, 2.24) is 14.5 Å². The van der Waals surface area contributed by atoms with Crippen LogP contribution in [0.1, 0.15) is 19.4 Å². The first-order valence-corrected chi connectivity index (χ1v) is 18.6. The standard InChI is InChI=1S/C37H42Cl2N6O3S/c1-27(2)22-45-18-19-49-36(45)41-29-4-3-5-31(21-29)44-16-14-43(15-17-44)30-7-9-32(10-8-30)46-23-33-24-47-37(48-33,25-42-13-12-40-26-42)34-11-6-28(38)20-35(34)39/h3-13,20-21,26-27,33H,14-19,22-25H2,1-2H3. The SMILES string of the molecule is CC(C)CN1CCSC1=Nc1cccc(N2CCN(c3ccc(OCC4COC(Cn5ccnc5)(c5ccc(Cl)cc5Cl)O4)cc3)CC2)c1. The van der Waals surface area contributed by atoms with Crippen LogP contribution in [0.4, 0.5) is 17.1 Å². The van der Waals surface area contributed by atoms with E-state index in [1.807, 2.05) is 40.7 Å². The van der Waals surface area contributed by atoms with Crippen molar-refractivity contribution in [3.63, 3.8) is 0 Å². The van der Waals surface area contributed by atoms with Crippen molar-refractivity contribution in [2.45, 2.75) is 32.3 Å². The van der Waals surface area contributed by atoms with Gasteiger partial charge in [0, 0.05) is 79.4 Å². The van der Waals surface area contributed by atoms with Gasteiger partial charge in [0.1, 0.15) is 18.5 Å². The summed E-state index contributed by atoms with van der Waals surface area (Å²) in [5.41, 5.74) is 4.17. The number of amidine groups is 1. The van der Waals surface area contributed by atoms with Crippen LogP contribution >= 0.6 is 35.0 Å². The molecule has 2 atom stereocenters. The number of benzene rings is 3. The van der Waals surface area contributed by atoms with Crippen molar-refractivity contribution in [3.05, 3.63) is 101 Å². The lowest BCUT2D eigenvalue weighted by Gasteiger charge is -2.37. The molecule has 0 spiro atoms. The van der Waals surface area contributed by atoms with Gasteiger partial charge in [-0.1, -0.05) is 60.9 Å². The van der Waals surface area contributed by atoms with E-state index in [2.05, 4.69) is 69.9 Å². The first-order chi connectivity index (χ1) is 23.8. The van der Waals surface area contributed by atoms with Gasteiger partial charge < -0.3 is 33.5 Å². The maximum Gasteiger partial charge on any atom is 0.215 e. The fraction of sp³-hybridized carbons (Fsp3) is 0.405. The van der Waals surface area contributed by atoms with Crippen LogP contribution in [0.3, 0.4) is 0 Å². The van der Waals surface area contributed by atoms with Gasteiger partial charge in [-0.2, -0.15) is 0 Å². The van der Waals surface area contributed by atoms with Gasteiger partial charge in [-0.3, -0.25) is 0 Å². The Morgan fingerprint density at radius 1 is 0.980 bits per heavy atom. The highest BCUT2D eigenvalue weighted by molar-refractivity contribution is 8.14. The Bertz CT molecular complexity index is 1730. The van der Waals surface area contributed by atoms with E-state index < -0.39 is 5.79 Å². The van der Waals surface area contributed by atoms with Crippen molar-refractivity contribution in [3.8, 4) is 5.75 Å². The van der Waals surface area contributed by atoms with Crippen molar-refractivity contribution in [2.24, 2.45) is 10.9 Å². The molecule has 0 radical (unpaired) electrons. The number of hydrogen-bond acceptors (Lipinski definition) is 8. The lowest BCUT2D eigenvalue weighted by molar-refractivity contribution is -0.189. The molecule has 258 valence electrons. The minimum Gasteiger partial charge on any atom is -0.491 e. The van der Waals surface area contributed by atoms with Gasteiger partial charge in [0.05, 0.1) is 30.2 Å². The Kier molecular flexibility index (Phi) is 10.6. The monoisotopic (exact) mass is 720 g/mol. The lowest BCUT2D eigenvalue weighted by atomic mass is 10.1. The number of nitrogens with zero attached hydrogens (tertiary/aromatic N) is 6. The third-order valence-corrected chi connectivity index (χ3v) is 10.5. The van der Waals surface area contributed by atoms with Crippen molar-refractivity contribution < 1.29 is 14.2 Å². The first kappa shape index (κ1) is 34.1. The summed E-state index contributed by atoms with van der Waals surface area (Å²) < 4.78 is 20.9. The molecular formula is C37H42Cl2N6O3S. The summed E-state index contributed by atoms with van der Waals surface area (Å²) in [5, 5.41) is 2.19. The van der Waals surface area contributed by atoms with Gasteiger partial charge in [-0.15, -0.1) is 0 Å². The zero-order chi connectivity index (χ0) is 33.8. The average molecular weight is 722 g/mol. The number of anilines is 2. The summed E-state index contributed by atoms with van der Waals surface area (Å²) in [4.78, 5) is 16.5. The van der Waals surface area contributed by atoms with Crippen molar-refractivity contribution in [2.75, 3.05) is 68.0 Å². The Labute approximate surface area is 302 Å². The van der Waals surface area contributed by atoms with E-state index in [4.69, 9.17) is 42.4 Å². The Morgan fingerprint density at radius 2 is 1.78 bits per heavy atom. The van der Waals surface area contributed by atoms with Gasteiger partial charge in [0.2, 0.25) is 5.79 Å². The number of imidazole rings is 1. The third kappa shape index (κ3) is 8.15. The second-order valence-corrected chi connectivity index (χ2v) is 15.0. The number of hydrogen-bond donors (Lipinski definition) is 0. The Hall–Kier alpha value is -3.41. The van der Waals surface area contributed by atoms with Crippen molar-refractivity contribution in [1.29, 1.82) is 0 Å². The zero-order valence-corrected chi connectivity index (χ0v) is 30.2. The highest BCUT2D eigenvalue weighted by atomic mass is 35.5. The van der Waals surface area contributed by atoms with E-state index in [-0.39, 0.29) is 6.10 Å². The number of rotatable bonds is 11. The molecule has 49 heavy (non-hydrogen) atoms. The highest BCUT2D eigenvalue weighted by Gasteiger charge is 2.45. The molecule has 0 saturated carbocycles. The summed E-state index contributed by atoms with van der Waals surface area (Å²) in [6.07, 6.45) is 5.04. The molecular weight excluding hydrogens is 679 g/mol. The maximum absolute atomic E-state index is 6.62. The number of thioether (sulfide) groups is 1. The molecule has 1 aromatic heterocycles. The van der Waals surface area contributed by atoms with Gasteiger partial charge in [0.15, 0.2) is 5.17 Å². The lowest BCUT2D eigenvalue weighted by Crippen LogP contribution is -2.46. The van der Waals surface area contributed by atoms with Crippen LogP contribution in [-0.2, 0) is 21.8 Å². The van der Waals surface area contributed by atoms with Crippen LogP contribution in [0.2, 0.25) is 10.0 Å². The second kappa shape index (κ2) is 15.2. The van der Waals surface area contributed by atoms with Gasteiger partial charge in [0.25, 0.3) is 0 Å². The van der Waals surface area contributed by atoms with E-state index in [0.29, 0.717) is 35.7 Å². The predicted molar refractivity (Wildman–Crippen MR) is 200 cm³/mol. The van der Waals surface area contributed by atoms with Crippen LogP contribution < -0.4 is 14.5 Å². The molecule has 2 unspecified atom stereocenters. The molecule has 0 amide bonds. The molecule has 3 saturated heterocycles. The summed E-state index contributed by atoms with van der Waals surface area (Å²) in [6.45, 7) is 11.5. The zero-order valence-electron chi connectivity index (χ0n) is 27.9. The molecule has 12 heteroatoms. The number of ether oxygens (including phenoxy) is 3. The minimum atomic E-state index is -1.08. The van der Waals surface area contributed by atoms with Gasteiger partial charge in [-0.25, -0.2) is 9.98 Å². The highest BCUT2D eigenvalue weighted by Crippen LogP contribution is 2.41. The molecule has 3 aliphatic rings. The summed E-state index contributed by atoms with van der Waals surface area (Å²) >= 11 is 14.7. The molecule has 3 aliphatic heterocycles. The molecule has 4 aromatic rings. The Balaban J connectivity index is 0.927. The van der Waals surface area contributed by atoms with Crippen LogP contribution in [0.15, 0.2) is 90.4 Å². The van der Waals surface area contributed by atoms with Crippen LogP contribution in [-0.4, -0.2) is 84.0 Å². The van der Waals surface area contributed by atoms with Crippen LogP contribution in [0.5, 0.6) is 5.75 Å². The summed E-state index contributed by atoms with van der Waals surface area (Å²) in [6, 6.07) is 22.3. The largest absolute Gasteiger partial charge is 0.491 e. The minimum absolute atomic E-state index is 0.288. The quantitative estimate of drug-likeness (QED) is 0.157. The molecule has 3 aromatic carbocycles. The fourth-order valence-electron chi connectivity index (χ4n) is 6.56. The van der Waals surface area contributed by atoms with E-state index in [0.717, 1.165) is 67.2 Å². The molecule has 4 heterocycles. The first-order valence-electron chi connectivity index (χ1n) is 16.9. The third-order valence-electron chi connectivity index (χ3n) is 8.94. The van der Waals surface area contributed by atoms with Crippen molar-refractivity contribution >= 4 is 57.2 Å². The van der Waals surface area contributed by atoms with E-state index >= 15 is 0 Å². The molecule has 0 bridgehead atoms. The summed E-state index contributed by atoms with van der Waals surface area (Å²) in [5.74, 6) is 1.44. The second-order valence-electron chi connectivity index (χ2n) is 13.0. The molecule has 7 rings (SSSR count). The van der Waals surface area contributed by atoms with Gasteiger partial charge in [-0.05, 0) is 60.5 Å². The normalized spacial score (nSPS) is 22.1. The fourth-order valence-corrected chi connectivity index (χ4v) is 8.12. The topological polar surface area (TPSA) is 67.6 Å². The van der Waals surface area contributed by atoms with Crippen LogP contribution in [0.25, 0.3) is 0 Å². The smallest absolute Gasteiger partial charge is 0.215 e. The molecule has 3 fully saturated rings. The molecule has 9 nitrogen and oxygen atoms in total. The molecule has 0 N–H and O–H groups in total. The van der Waals surface area contributed by atoms with E-state index in [1.54, 1.807) is 24.7 Å². The molecule has 0 aliphatic carbocycles. The number of aliphatic imine (C=N–C) groups is 1.